The van der Waals surface area contributed by atoms with E-state index in [2.05, 4.69) is 0 Å². The molecular weight excluding hydrogens is 257 g/mol. The standard InChI is InChI=1S/C13H9Cl2NO/c14-12-7-4-8-13(15)11(12)9-16(17)10-5-2-1-3-6-10/h1-9H/b16-9+. The van der Waals surface area contributed by atoms with E-state index in [0.29, 0.717) is 21.3 Å². The van der Waals surface area contributed by atoms with Gasteiger partial charge in [-0.1, -0.05) is 47.5 Å². The van der Waals surface area contributed by atoms with E-state index in [9.17, 15) is 5.21 Å². The first-order valence-corrected chi connectivity index (χ1v) is 5.74. The third-order valence-corrected chi connectivity index (χ3v) is 2.92. The van der Waals surface area contributed by atoms with Crippen LogP contribution in [0.1, 0.15) is 5.56 Å². The first kappa shape index (κ1) is 12.0. The van der Waals surface area contributed by atoms with E-state index in [1.54, 1.807) is 42.5 Å². The Morgan fingerprint density at radius 2 is 1.47 bits per heavy atom. The molecule has 0 fully saturated rings. The number of rotatable bonds is 2. The molecule has 86 valence electrons. The Labute approximate surface area is 109 Å². The zero-order valence-corrected chi connectivity index (χ0v) is 10.3. The number of para-hydroxylation sites is 1. The second kappa shape index (κ2) is 5.21. The van der Waals surface area contributed by atoms with Crippen LogP contribution in [0, 0.1) is 5.21 Å². The summed E-state index contributed by atoms with van der Waals surface area (Å²) < 4.78 is 0.743. The number of nitrogens with zero attached hydrogens (tertiary/aromatic N) is 1. The van der Waals surface area contributed by atoms with Gasteiger partial charge in [0.15, 0.2) is 6.21 Å². The highest BCUT2D eigenvalue weighted by molar-refractivity contribution is 6.38. The SMILES string of the molecule is [O-]/[N+](=C/c1c(Cl)cccc1Cl)c1ccccc1. The van der Waals surface area contributed by atoms with E-state index in [4.69, 9.17) is 23.2 Å². The molecule has 0 radical (unpaired) electrons. The van der Waals surface area contributed by atoms with Crippen molar-refractivity contribution >= 4 is 35.1 Å². The molecule has 0 spiro atoms. The topological polar surface area (TPSA) is 26.1 Å². The molecule has 0 unspecified atom stereocenters. The van der Waals surface area contributed by atoms with Gasteiger partial charge in [-0.2, -0.15) is 4.74 Å². The zero-order chi connectivity index (χ0) is 12.3. The van der Waals surface area contributed by atoms with Crippen LogP contribution < -0.4 is 0 Å². The van der Waals surface area contributed by atoms with Crippen LogP contribution in [0.3, 0.4) is 0 Å². The lowest BCUT2D eigenvalue weighted by molar-refractivity contribution is -0.354. The van der Waals surface area contributed by atoms with E-state index in [-0.39, 0.29) is 0 Å². The van der Waals surface area contributed by atoms with E-state index in [1.165, 1.54) is 6.21 Å². The van der Waals surface area contributed by atoms with Gasteiger partial charge in [0.25, 0.3) is 0 Å². The Morgan fingerprint density at radius 1 is 0.882 bits per heavy atom. The Hall–Kier alpha value is -1.51. The smallest absolute Gasteiger partial charge is 0.216 e. The largest absolute Gasteiger partial charge is 0.618 e. The van der Waals surface area contributed by atoms with Gasteiger partial charge >= 0.3 is 0 Å². The predicted molar refractivity (Wildman–Crippen MR) is 71.4 cm³/mol. The average molecular weight is 266 g/mol. The molecule has 0 aliphatic carbocycles. The van der Waals surface area contributed by atoms with Gasteiger partial charge in [0.2, 0.25) is 5.69 Å². The monoisotopic (exact) mass is 265 g/mol. The van der Waals surface area contributed by atoms with Crippen molar-refractivity contribution in [3.63, 3.8) is 0 Å². The lowest BCUT2D eigenvalue weighted by atomic mass is 10.2. The van der Waals surface area contributed by atoms with Gasteiger partial charge in [0.1, 0.15) is 0 Å². The van der Waals surface area contributed by atoms with Crippen LogP contribution in [0.25, 0.3) is 0 Å². The van der Waals surface area contributed by atoms with Crippen LogP contribution in [-0.4, -0.2) is 11.0 Å². The molecule has 0 saturated carbocycles. The van der Waals surface area contributed by atoms with Crippen molar-refractivity contribution in [2.75, 3.05) is 0 Å². The second-order valence-electron chi connectivity index (χ2n) is 3.43. The number of halogens is 2. The molecule has 0 aliphatic rings. The first-order chi connectivity index (χ1) is 8.18. The minimum absolute atomic E-state index is 0.453. The van der Waals surface area contributed by atoms with Crippen molar-refractivity contribution in [1.82, 2.24) is 0 Å². The number of benzene rings is 2. The van der Waals surface area contributed by atoms with Gasteiger partial charge in [-0.25, -0.2) is 0 Å². The molecule has 17 heavy (non-hydrogen) atoms. The van der Waals surface area contributed by atoms with Gasteiger partial charge < -0.3 is 5.21 Å². The van der Waals surface area contributed by atoms with Crippen LogP contribution in [0.15, 0.2) is 48.5 Å². The molecular formula is C13H9Cl2NO. The Bertz CT molecular complexity index is 532. The summed E-state index contributed by atoms with van der Waals surface area (Å²) in [5.41, 5.74) is 1.05. The Morgan fingerprint density at radius 3 is 2.06 bits per heavy atom. The van der Waals surface area contributed by atoms with Crippen LogP contribution in [0.5, 0.6) is 0 Å². The van der Waals surface area contributed by atoms with E-state index in [0.717, 1.165) is 4.74 Å². The van der Waals surface area contributed by atoms with Crippen molar-refractivity contribution in [2.45, 2.75) is 0 Å². The molecule has 2 rings (SSSR count). The van der Waals surface area contributed by atoms with Gasteiger partial charge in [0, 0.05) is 12.1 Å². The van der Waals surface area contributed by atoms with Crippen molar-refractivity contribution in [3.8, 4) is 0 Å². The molecule has 0 N–H and O–H groups in total. The Balaban J connectivity index is 2.43. The summed E-state index contributed by atoms with van der Waals surface area (Å²) in [5, 5.41) is 12.8. The lowest BCUT2D eigenvalue weighted by Crippen LogP contribution is -1.99. The van der Waals surface area contributed by atoms with Gasteiger partial charge in [-0.05, 0) is 12.1 Å². The second-order valence-corrected chi connectivity index (χ2v) is 4.24. The van der Waals surface area contributed by atoms with E-state index >= 15 is 0 Å². The quantitative estimate of drug-likeness (QED) is 0.345. The molecule has 0 heterocycles. The lowest BCUT2D eigenvalue weighted by Gasteiger charge is -2.04. The summed E-state index contributed by atoms with van der Waals surface area (Å²) in [5.74, 6) is 0. The highest BCUT2D eigenvalue weighted by atomic mass is 35.5. The van der Waals surface area contributed by atoms with E-state index < -0.39 is 0 Å². The van der Waals surface area contributed by atoms with Crippen LogP contribution in [0.2, 0.25) is 10.0 Å². The van der Waals surface area contributed by atoms with Crippen molar-refractivity contribution < 1.29 is 4.74 Å². The van der Waals surface area contributed by atoms with Gasteiger partial charge in [-0.15, -0.1) is 0 Å². The maximum absolute atomic E-state index is 11.9. The molecule has 4 heteroatoms. The molecule has 2 aromatic carbocycles. The van der Waals surface area contributed by atoms with Crippen LogP contribution in [-0.2, 0) is 0 Å². The summed E-state index contributed by atoms with van der Waals surface area (Å²) >= 11 is 12.0. The normalized spacial score (nSPS) is 11.5. The first-order valence-electron chi connectivity index (χ1n) is 4.99. The molecule has 0 aromatic heterocycles. The molecule has 2 nitrogen and oxygen atoms in total. The van der Waals surface area contributed by atoms with E-state index in [1.807, 2.05) is 6.07 Å². The van der Waals surface area contributed by atoms with Crippen molar-refractivity contribution in [2.24, 2.45) is 0 Å². The summed E-state index contributed by atoms with van der Waals surface area (Å²) in [4.78, 5) is 0. The van der Waals surface area contributed by atoms with Crippen molar-refractivity contribution in [1.29, 1.82) is 0 Å². The summed E-state index contributed by atoms with van der Waals surface area (Å²) in [7, 11) is 0. The zero-order valence-electron chi connectivity index (χ0n) is 8.81. The number of hydrogen-bond donors (Lipinski definition) is 0. The minimum Gasteiger partial charge on any atom is -0.618 e. The fraction of sp³-hybridized carbons (Fsp3) is 0. The minimum atomic E-state index is 0.453. The summed E-state index contributed by atoms with van der Waals surface area (Å²) in [6.45, 7) is 0. The molecule has 0 atom stereocenters. The molecule has 0 saturated heterocycles. The molecule has 0 bridgehead atoms. The average Bonchev–Trinajstić information content (AvgIpc) is 2.35. The van der Waals surface area contributed by atoms with Gasteiger partial charge in [0.05, 0.1) is 15.6 Å². The molecule has 0 aliphatic heterocycles. The highest BCUT2D eigenvalue weighted by Crippen LogP contribution is 2.23. The third-order valence-electron chi connectivity index (χ3n) is 2.26. The maximum Gasteiger partial charge on any atom is 0.216 e. The van der Waals surface area contributed by atoms with Gasteiger partial charge in [-0.3, -0.25) is 0 Å². The van der Waals surface area contributed by atoms with Crippen LogP contribution >= 0.6 is 23.2 Å². The predicted octanol–water partition coefficient (Wildman–Crippen LogP) is 4.25. The van der Waals surface area contributed by atoms with Crippen molar-refractivity contribution in [3.05, 3.63) is 69.3 Å². The highest BCUT2D eigenvalue weighted by Gasteiger charge is 2.07. The van der Waals surface area contributed by atoms with Crippen LogP contribution in [0.4, 0.5) is 5.69 Å². The molecule has 0 amide bonds. The maximum atomic E-state index is 11.9. The summed E-state index contributed by atoms with van der Waals surface area (Å²) in [6.07, 6.45) is 1.38. The fourth-order valence-electron chi connectivity index (χ4n) is 1.40. The Kier molecular flexibility index (Phi) is 3.67. The number of hydrogen-bond acceptors (Lipinski definition) is 1. The summed E-state index contributed by atoms with van der Waals surface area (Å²) in [6, 6.07) is 14.0. The third kappa shape index (κ3) is 2.78. The fourth-order valence-corrected chi connectivity index (χ4v) is 1.90. The molecule has 2 aromatic rings.